The van der Waals surface area contributed by atoms with Crippen molar-refractivity contribution >= 4 is 33.9 Å². The lowest BCUT2D eigenvalue weighted by Gasteiger charge is -2.32. The fourth-order valence-corrected chi connectivity index (χ4v) is 4.78. The minimum Gasteiger partial charge on any atom is -0.396 e. The Morgan fingerprint density at radius 1 is 1.08 bits per heavy atom. The highest BCUT2D eigenvalue weighted by atomic mass is 16.5. The van der Waals surface area contributed by atoms with Gasteiger partial charge in [0.05, 0.1) is 31.0 Å². The minimum absolute atomic E-state index is 0.0393. The summed E-state index contributed by atoms with van der Waals surface area (Å²) in [5, 5.41) is 3.96. The Hall–Kier alpha value is -2.42. The van der Waals surface area contributed by atoms with Crippen LogP contribution < -0.4 is 22.5 Å². The van der Waals surface area contributed by atoms with Crippen molar-refractivity contribution in [2.45, 2.75) is 59.8 Å². The molecule has 2 rings (SSSR count). The highest BCUT2D eigenvalue weighted by molar-refractivity contribution is 6.00. The number of unbranched alkanes of at least 4 members (excludes halogenated alkanes) is 2. The van der Waals surface area contributed by atoms with Crippen molar-refractivity contribution in [3.8, 4) is 0 Å². The maximum Gasteiger partial charge on any atom is 0.149 e. The molecule has 0 bridgehead atoms. The highest BCUT2D eigenvalue weighted by Crippen LogP contribution is 2.32. The molecule has 0 saturated carbocycles. The van der Waals surface area contributed by atoms with Crippen LogP contribution in [0.25, 0.3) is 10.9 Å². The zero-order valence-corrected chi connectivity index (χ0v) is 23.2. The molecule has 0 saturated heterocycles. The van der Waals surface area contributed by atoms with E-state index in [-0.39, 0.29) is 23.2 Å². The number of aromatic nitrogens is 1. The maximum absolute atomic E-state index is 11.7. The topological polar surface area (TPSA) is 133 Å². The second-order valence-electron chi connectivity index (χ2n) is 11.7. The van der Waals surface area contributed by atoms with E-state index in [4.69, 9.17) is 21.9 Å². The van der Waals surface area contributed by atoms with Gasteiger partial charge in [-0.2, -0.15) is 0 Å². The quantitative estimate of drug-likeness (QED) is 0.254. The molecule has 7 N–H and O–H groups in total. The van der Waals surface area contributed by atoms with E-state index in [0.29, 0.717) is 36.8 Å². The first-order valence-corrected chi connectivity index (χ1v) is 13.0. The van der Waals surface area contributed by atoms with E-state index in [9.17, 15) is 4.79 Å². The molecule has 202 valence electrons. The van der Waals surface area contributed by atoms with Crippen molar-refractivity contribution in [2.24, 2.45) is 16.6 Å². The Bertz CT molecular complexity index is 1010. The maximum atomic E-state index is 11.7. The average Bonchev–Trinajstić information content (AvgIpc) is 2.77. The van der Waals surface area contributed by atoms with E-state index in [2.05, 4.69) is 62.1 Å². The number of carbonyl (C=O) groups excluding carboxylic acids is 1. The molecule has 8 nitrogen and oxygen atoms in total. The second-order valence-corrected chi connectivity index (χ2v) is 11.7. The summed E-state index contributed by atoms with van der Waals surface area (Å²) in [5.41, 5.74) is 21.0. The first kappa shape index (κ1) is 29.8. The van der Waals surface area contributed by atoms with Gasteiger partial charge >= 0.3 is 0 Å². The van der Waals surface area contributed by atoms with Gasteiger partial charge in [-0.1, -0.05) is 46.2 Å². The number of hydrogen-bond donors (Lipinski definition) is 4. The van der Waals surface area contributed by atoms with Crippen LogP contribution in [0, 0.1) is 10.8 Å². The number of ether oxygens (including phenoxy) is 1. The number of hydrogen-bond acceptors (Lipinski definition) is 8. The molecule has 0 spiro atoms. The number of pyridine rings is 1. The monoisotopic (exact) mass is 500 g/mol. The van der Waals surface area contributed by atoms with Gasteiger partial charge in [-0.25, -0.2) is 4.98 Å². The molecule has 0 unspecified atom stereocenters. The summed E-state index contributed by atoms with van der Waals surface area (Å²) in [5.74, 6) is 0.513. The third kappa shape index (κ3) is 9.22. The lowest BCUT2D eigenvalue weighted by molar-refractivity contribution is -0.120. The molecule has 8 heteroatoms. The Morgan fingerprint density at radius 2 is 1.78 bits per heavy atom. The number of fused-ring (bicyclic) bond motifs is 1. The van der Waals surface area contributed by atoms with Gasteiger partial charge in [0, 0.05) is 30.8 Å². The summed E-state index contributed by atoms with van der Waals surface area (Å²) < 4.78 is 6.02. The van der Waals surface area contributed by atoms with E-state index >= 15 is 0 Å². The summed E-state index contributed by atoms with van der Waals surface area (Å²) in [6, 6.07) is 6.28. The smallest absolute Gasteiger partial charge is 0.149 e. The molecule has 1 aromatic carbocycles. The van der Waals surface area contributed by atoms with Crippen molar-refractivity contribution in [1.29, 1.82) is 0 Å². The van der Waals surface area contributed by atoms with Gasteiger partial charge in [0.1, 0.15) is 17.3 Å². The number of nitrogens with one attached hydrogen (secondary N) is 1. The molecule has 1 heterocycles. The molecule has 0 aliphatic rings. The summed E-state index contributed by atoms with van der Waals surface area (Å²) in [7, 11) is 3.97. The number of carbonyl (C=O) groups is 1. The molecule has 0 radical (unpaired) electrons. The zero-order valence-electron chi connectivity index (χ0n) is 23.2. The van der Waals surface area contributed by atoms with Gasteiger partial charge in [0.2, 0.25) is 0 Å². The predicted octanol–water partition coefficient (Wildman–Crippen LogP) is 4.07. The van der Waals surface area contributed by atoms with E-state index in [1.54, 1.807) is 7.05 Å². The third-order valence-corrected chi connectivity index (χ3v) is 6.46. The number of anilines is 3. The van der Waals surface area contributed by atoms with Gasteiger partial charge in [0.15, 0.2) is 0 Å². The SMILES string of the molecule is CNc1c(N)nc2cc(CCCCCN(C)CC(C)(C)COCC(C)(C)CC(=O)CN)ccc2c1N. The number of aryl methyl sites for hydroxylation is 1. The van der Waals surface area contributed by atoms with Gasteiger partial charge in [-0.3, -0.25) is 4.79 Å². The number of nitrogens with zero attached hydrogens (tertiary/aromatic N) is 2. The van der Waals surface area contributed by atoms with E-state index < -0.39 is 0 Å². The van der Waals surface area contributed by atoms with Crippen LogP contribution in [-0.2, 0) is 16.0 Å². The predicted molar refractivity (Wildman–Crippen MR) is 152 cm³/mol. The fraction of sp³-hybridized carbons (Fsp3) is 0.643. The summed E-state index contributed by atoms with van der Waals surface area (Å²) in [4.78, 5) is 18.6. The van der Waals surface area contributed by atoms with Gasteiger partial charge in [-0.05, 0) is 49.9 Å². The standard InChI is InChI=1S/C28H48N6O2/c1-27(2,15-21(35)16-29)18-36-19-28(3,4)17-34(6)13-9-7-8-10-20-11-12-22-23(14-20)33-26(31)25(32-5)24(22)30/h11-12,14,32H,7-10,13,15-19,29H2,1-6H3,(H4,30,31,33). The summed E-state index contributed by atoms with van der Waals surface area (Å²) >= 11 is 0. The van der Waals surface area contributed by atoms with Crippen molar-refractivity contribution in [3.05, 3.63) is 23.8 Å². The Morgan fingerprint density at radius 3 is 2.44 bits per heavy atom. The molecule has 0 aliphatic heterocycles. The van der Waals surface area contributed by atoms with Crippen LogP contribution in [0.3, 0.4) is 0 Å². The molecule has 1 aromatic heterocycles. The number of nitrogen functional groups attached to an aromatic ring is 2. The van der Waals surface area contributed by atoms with Gasteiger partial charge in [-0.15, -0.1) is 0 Å². The molecule has 2 aromatic rings. The van der Waals surface area contributed by atoms with Crippen LogP contribution in [0.5, 0.6) is 0 Å². The number of benzene rings is 1. The number of rotatable bonds is 16. The molecular weight excluding hydrogens is 452 g/mol. The van der Waals surface area contributed by atoms with Gasteiger partial charge < -0.3 is 32.2 Å². The van der Waals surface area contributed by atoms with Gasteiger partial charge in [0.25, 0.3) is 0 Å². The molecule has 0 aliphatic carbocycles. The van der Waals surface area contributed by atoms with Crippen LogP contribution in [0.2, 0.25) is 0 Å². The first-order valence-electron chi connectivity index (χ1n) is 13.0. The van der Waals surface area contributed by atoms with Crippen molar-refractivity contribution in [1.82, 2.24) is 9.88 Å². The lowest BCUT2D eigenvalue weighted by atomic mass is 9.88. The zero-order chi connectivity index (χ0) is 26.9. The Labute approximate surface area is 217 Å². The Kier molecular flexibility index (Phi) is 10.9. The van der Waals surface area contributed by atoms with E-state index in [1.165, 1.54) is 12.0 Å². The van der Waals surface area contributed by atoms with Crippen LogP contribution in [-0.4, -0.2) is 62.6 Å². The fourth-order valence-electron chi connectivity index (χ4n) is 4.78. The van der Waals surface area contributed by atoms with E-state index in [0.717, 1.165) is 43.3 Å². The Balaban J connectivity index is 1.71. The second kappa shape index (κ2) is 13.2. The number of nitrogens with two attached hydrogens (primary N) is 3. The third-order valence-electron chi connectivity index (χ3n) is 6.46. The van der Waals surface area contributed by atoms with Crippen LogP contribution in [0.15, 0.2) is 18.2 Å². The van der Waals surface area contributed by atoms with E-state index in [1.807, 2.05) is 6.07 Å². The highest BCUT2D eigenvalue weighted by Gasteiger charge is 2.25. The van der Waals surface area contributed by atoms with Crippen molar-refractivity contribution in [3.63, 3.8) is 0 Å². The van der Waals surface area contributed by atoms with Crippen molar-refractivity contribution in [2.75, 3.05) is 63.7 Å². The van der Waals surface area contributed by atoms with Crippen LogP contribution in [0.1, 0.15) is 58.9 Å². The van der Waals surface area contributed by atoms with Crippen LogP contribution >= 0.6 is 0 Å². The average molecular weight is 501 g/mol. The normalized spacial score (nSPS) is 12.4. The molecule has 0 amide bonds. The van der Waals surface area contributed by atoms with Crippen molar-refractivity contribution < 1.29 is 9.53 Å². The molecular formula is C28H48N6O2. The van der Waals surface area contributed by atoms with Crippen LogP contribution in [0.4, 0.5) is 17.2 Å². The number of Topliss-reactive ketones (excluding diaryl/α,β-unsaturated/α-hetero) is 1. The molecule has 0 fully saturated rings. The summed E-state index contributed by atoms with van der Waals surface area (Å²) in [6.45, 7) is 11.9. The lowest BCUT2D eigenvalue weighted by Crippen LogP contribution is -2.36. The molecule has 0 atom stereocenters. The summed E-state index contributed by atoms with van der Waals surface area (Å²) in [6.07, 6.45) is 4.91. The molecule has 36 heavy (non-hydrogen) atoms. The first-order chi connectivity index (χ1) is 16.9. The minimum atomic E-state index is -0.186. The largest absolute Gasteiger partial charge is 0.396 e. The number of ketones is 1.